The summed E-state index contributed by atoms with van der Waals surface area (Å²) in [6.45, 7) is 2.25. The van der Waals surface area contributed by atoms with Gasteiger partial charge in [-0.1, -0.05) is 24.9 Å². The van der Waals surface area contributed by atoms with E-state index in [-0.39, 0.29) is 0 Å². The van der Waals surface area contributed by atoms with Crippen LogP contribution in [-0.2, 0) is 5.88 Å². The Bertz CT molecular complexity index is 392. The Balaban J connectivity index is 2.12. The van der Waals surface area contributed by atoms with E-state index in [1.54, 1.807) is 0 Å². The zero-order valence-corrected chi connectivity index (χ0v) is 12.3. The minimum Gasteiger partial charge on any atom is -0.490 e. The maximum absolute atomic E-state index is 6.19. The van der Waals surface area contributed by atoms with Gasteiger partial charge < -0.3 is 4.74 Å². The quantitative estimate of drug-likeness (QED) is 0.671. The topological polar surface area (TPSA) is 9.23 Å². The van der Waals surface area contributed by atoms with E-state index in [2.05, 4.69) is 6.92 Å². The highest BCUT2D eigenvalue weighted by molar-refractivity contribution is 6.30. The number of halogens is 2. The molecular weight excluding hydrogens is 267 g/mol. The van der Waals surface area contributed by atoms with Gasteiger partial charge in [0.25, 0.3) is 0 Å². The van der Waals surface area contributed by atoms with Crippen molar-refractivity contribution in [1.29, 1.82) is 0 Å². The summed E-state index contributed by atoms with van der Waals surface area (Å²) >= 11 is 11.9. The smallest absolute Gasteiger partial charge is 0.124 e. The van der Waals surface area contributed by atoms with E-state index in [0.29, 0.717) is 22.9 Å². The highest BCUT2D eigenvalue weighted by Crippen LogP contribution is 2.33. The van der Waals surface area contributed by atoms with Gasteiger partial charge >= 0.3 is 0 Å². The van der Waals surface area contributed by atoms with Crippen molar-refractivity contribution in [3.63, 3.8) is 0 Å². The number of alkyl halides is 1. The first-order valence-corrected chi connectivity index (χ1v) is 7.67. The largest absolute Gasteiger partial charge is 0.490 e. The first-order chi connectivity index (χ1) is 8.74. The lowest BCUT2D eigenvalue weighted by atomic mass is 9.84. The van der Waals surface area contributed by atoms with Crippen molar-refractivity contribution in [1.82, 2.24) is 0 Å². The molecule has 0 bridgehead atoms. The molecule has 1 aromatic rings. The molecule has 0 heterocycles. The van der Waals surface area contributed by atoms with Crippen LogP contribution in [0, 0.1) is 5.92 Å². The normalized spacial score (nSPS) is 23.9. The summed E-state index contributed by atoms with van der Waals surface area (Å²) in [5, 5.41) is 0.716. The van der Waals surface area contributed by atoms with Crippen molar-refractivity contribution in [3.05, 3.63) is 28.8 Å². The van der Waals surface area contributed by atoms with Gasteiger partial charge in [0.15, 0.2) is 0 Å². The monoisotopic (exact) mass is 286 g/mol. The molecule has 2 rings (SSSR count). The second kappa shape index (κ2) is 6.68. The summed E-state index contributed by atoms with van der Waals surface area (Å²) in [5.41, 5.74) is 0.990. The molecule has 0 aliphatic heterocycles. The van der Waals surface area contributed by atoms with E-state index in [0.717, 1.165) is 17.7 Å². The van der Waals surface area contributed by atoms with Crippen LogP contribution in [0.4, 0.5) is 0 Å². The van der Waals surface area contributed by atoms with Crippen LogP contribution < -0.4 is 4.74 Å². The molecule has 18 heavy (non-hydrogen) atoms. The van der Waals surface area contributed by atoms with Crippen molar-refractivity contribution >= 4 is 23.2 Å². The number of hydrogen-bond donors (Lipinski definition) is 0. The Hall–Kier alpha value is -0.400. The number of benzene rings is 1. The zero-order chi connectivity index (χ0) is 13.0. The fraction of sp³-hybridized carbons (Fsp3) is 0.600. The molecule has 0 saturated heterocycles. The Labute approximate surface area is 119 Å². The van der Waals surface area contributed by atoms with Gasteiger partial charge in [0.1, 0.15) is 11.9 Å². The summed E-state index contributed by atoms with van der Waals surface area (Å²) in [5.74, 6) is 2.02. The van der Waals surface area contributed by atoms with Crippen LogP contribution in [0.5, 0.6) is 5.75 Å². The summed E-state index contributed by atoms with van der Waals surface area (Å²) in [6.07, 6.45) is 6.57. The predicted octanol–water partition coefficient (Wildman–Crippen LogP) is 5.43. The molecule has 100 valence electrons. The SMILES string of the molecule is CCC1CCCCC1Oc1ccc(Cl)cc1CCl. The highest BCUT2D eigenvalue weighted by atomic mass is 35.5. The number of ether oxygens (including phenoxy) is 1. The summed E-state index contributed by atoms with van der Waals surface area (Å²) < 4.78 is 6.19. The van der Waals surface area contributed by atoms with E-state index in [1.807, 2.05) is 18.2 Å². The van der Waals surface area contributed by atoms with E-state index >= 15 is 0 Å². The summed E-state index contributed by atoms with van der Waals surface area (Å²) in [4.78, 5) is 0. The molecule has 0 N–H and O–H groups in total. The van der Waals surface area contributed by atoms with Gasteiger partial charge in [0.2, 0.25) is 0 Å². The van der Waals surface area contributed by atoms with Gasteiger partial charge in [-0.3, -0.25) is 0 Å². The average molecular weight is 287 g/mol. The van der Waals surface area contributed by atoms with Gasteiger partial charge in [-0.2, -0.15) is 0 Å². The molecule has 3 heteroatoms. The van der Waals surface area contributed by atoms with Crippen LogP contribution in [0.15, 0.2) is 18.2 Å². The lowest BCUT2D eigenvalue weighted by molar-refractivity contribution is 0.0896. The molecule has 0 aromatic heterocycles. The average Bonchev–Trinajstić information content (AvgIpc) is 2.41. The second-order valence-corrected chi connectivity index (χ2v) is 5.70. The van der Waals surface area contributed by atoms with Crippen molar-refractivity contribution in [2.45, 2.75) is 51.0 Å². The van der Waals surface area contributed by atoms with E-state index in [4.69, 9.17) is 27.9 Å². The first kappa shape index (κ1) is 14.0. The second-order valence-electron chi connectivity index (χ2n) is 4.99. The molecule has 1 nitrogen and oxygen atoms in total. The maximum atomic E-state index is 6.19. The molecular formula is C15H20Cl2O. The minimum absolute atomic E-state index is 0.340. The maximum Gasteiger partial charge on any atom is 0.124 e. The van der Waals surface area contributed by atoms with Gasteiger partial charge in [-0.05, 0) is 49.8 Å². The third-order valence-corrected chi connectivity index (χ3v) is 4.33. The molecule has 2 atom stereocenters. The van der Waals surface area contributed by atoms with Crippen molar-refractivity contribution in [2.24, 2.45) is 5.92 Å². The van der Waals surface area contributed by atoms with Gasteiger partial charge in [0, 0.05) is 10.6 Å². The van der Waals surface area contributed by atoms with Gasteiger partial charge in [0.05, 0.1) is 5.88 Å². The minimum atomic E-state index is 0.340. The third-order valence-electron chi connectivity index (χ3n) is 3.81. The van der Waals surface area contributed by atoms with Gasteiger partial charge in [-0.15, -0.1) is 11.6 Å². The van der Waals surface area contributed by atoms with Crippen LogP contribution >= 0.6 is 23.2 Å². The van der Waals surface area contributed by atoms with Crippen LogP contribution in [0.25, 0.3) is 0 Å². The molecule has 0 spiro atoms. The van der Waals surface area contributed by atoms with Crippen LogP contribution in [0.1, 0.15) is 44.6 Å². The van der Waals surface area contributed by atoms with Gasteiger partial charge in [-0.25, -0.2) is 0 Å². The molecule has 0 radical (unpaired) electrons. The lowest BCUT2D eigenvalue weighted by Crippen LogP contribution is -2.30. The Morgan fingerprint density at radius 3 is 2.78 bits per heavy atom. The molecule has 1 aromatic carbocycles. The predicted molar refractivity (Wildman–Crippen MR) is 77.7 cm³/mol. The van der Waals surface area contributed by atoms with Crippen LogP contribution in [0.2, 0.25) is 5.02 Å². The lowest BCUT2D eigenvalue weighted by Gasteiger charge is -2.31. The van der Waals surface area contributed by atoms with E-state index < -0.39 is 0 Å². The molecule has 1 aliphatic carbocycles. The molecule has 0 amide bonds. The number of hydrogen-bond acceptors (Lipinski definition) is 1. The molecule has 1 saturated carbocycles. The van der Waals surface area contributed by atoms with Crippen molar-refractivity contribution < 1.29 is 4.74 Å². The fourth-order valence-electron chi connectivity index (χ4n) is 2.73. The molecule has 1 aliphatic rings. The first-order valence-electron chi connectivity index (χ1n) is 6.75. The van der Waals surface area contributed by atoms with Crippen LogP contribution in [0.3, 0.4) is 0 Å². The summed E-state index contributed by atoms with van der Waals surface area (Å²) in [6, 6.07) is 5.71. The summed E-state index contributed by atoms with van der Waals surface area (Å²) in [7, 11) is 0. The molecule has 1 fully saturated rings. The highest BCUT2D eigenvalue weighted by Gasteiger charge is 2.25. The standard InChI is InChI=1S/C15H20Cl2O/c1-2-11-5-3-4-6-14(11)18-15-8-7-13(17)9-12(15)10-16/h7-9,11,14H,2-6,10H2,1H3. The Morgan fingerprint density at radius 2 is 2.06 bits per heavy atom. The van der Waals surface area contributed by atoms with Crippen molar-refractivity contribution in [2.75, 3.05) is 0 Å². The zero-order valence-electron chi connectivity index (χ0n) is 10.8. The Kier molecular flexibility index (Phi) is 5.20. The Morgan fingerprint density at radius 1 is 1.28 bits per heavy atom. The fourth-order valence-corrected chi connectivity index (χ4v) is 3.13. The number of rotatable bonds is 4. The van der Waals surface area contributed by atoms with E-state index in [9.17, 15) is 0 Å². The third kappa shape index (κ3) is 3.33. The molecule has 2 unspecified atom stereocenters. The van der Waals surface area contributed by atoms with Crippen LogP contribution in [-0.4, -0.2) is 6.10 Å². The van der Waals surface area contributed by atoms with E-state index in [1.165, 1.54) is 25.7 Å². The van der Waals surface area contributed by atoms with Crippen molar-refractivity contribution in [3.8, 4) is 5.75 Å².